The van der Waals surface area contributed by atoms with Crippen molar-refractivity contribution in [3.63, 3.8) is 0 Å². The molecule has 2 aromatic carbocycles. The molecule has 0 aliphatic heterocycles. The fraction of sp³-hybridized carbons (Fsp3) is 0.174. The second-order valence-corrected chi connectivity index (χ2v) is 6.97. The third-order valence-electron chi connectivity index (χ3n) is 4.82. The lowest BCUT2D eigenvalue weighted by molar-refractivity contribution is -0.121. The zero-order chi connectivity index (χ0) is 19.5. The molecule has 2 heterocycles. The summed E-state index contributed by atoms with van der Waals surface area (Å²) in [7, 11) is 0. The predicted molar refractivity (Wildman–Crippen MR) is 114 cm³/mol. The van der Waals surface area contributed by atoms with Crippen LogP contribution in [-0.4, -0.2) is 21.7 Å². The molecule has 0 unspecified atom stereocenters. The van der Waals surface area contributed by atoms with Crippen molar-refractivity contribution in [1.82, 2.24) is 15.0 Å². The van der Waals surface area contributed by atoms with Crippen LogP contribution in [-0.2, 0) is 11.3 Å². The quantitative estimate of drug-likeness (QED) is 0.419. The maximum absolute atomic E-state index is 12.2. The molecule has 4 rings (SSSR count). The molecule has 0 aliphatic carbocycles. The molecular formula is C23H22N4O. The highest BCUT2D eigenvalue weighted by atomic mass is 16.2. The highest BCUT2D eigenvalue weighted by Gasteiger charge is 2.06. The molecule has 0 bridgehead atoms. The van der Waals surface area contributed by atoms with Crippen molar-refractivity contribution in [2.24, 2.45) is 5.10 Å². The van der Waals surface area contributed by atoms with Crippen LogP contribution in [0.2, 0.25) is 0 Å². The van der Waals surface area contributed by atoms with Gasteiger partial charge in [-0.25, -0.2) is 5.43 Å². The van der Waals surface area contributed by atoms with Crippen LogP contribution < -0.4 is 5.43 Å². The van der Waals surface area contributed by atoms with E-state index >= 15 is 0 Å². The van der Waals surface area contributed by atoms with Crippen molar-refractivity contribution in [2.75, 3.05) is 0 Å². The number of para-hydroxylation sites is 1. The van der Waals surface area contributed by atoms with E-state index in [1.807, 2.05) is 49.4 Å². The minimum absolute atomic E-state index is 0.107. The summed E-state index contributed by atoms with van der Waals surface area (Å²) in [5.41, 5.74) is 7.85. The number of hydrazone groups is 1. The van der Waals surface area contributed by atoms with E-state index in [0.29, 0.717) is 13.0 Å². The number of hydrogen-bond acceptors (Lipinski definition) is 3. The first-order chi connectivity index (χ1) is 13.6. The molecule has 0 atom stereocenters. The van der Waals surface area contributed by atoms with Crippen LogP contribution in [0.4, 0.5) is 0 Å². The van der Waals surface area contributed by atoms with Crippen LogP contribution in [0, 0.1) is 13.8 Å². The van der Waals surface area contributed by atoms with Crippen LogP contribution in [0.25, 0.3) is 21.8 Å². The highest BCUT2D eigenvalue weighted by molar-refractivity contribution is 5.89. The number of benzene rings is 2. The Kier molecular flexibility index (Phi) is 4.89. The number of carbonyl (C=O) groups excluding carboxylic acids is 1. The van der Waals surface area contributed by atoms with Crippen molar-refractivity contribution in [2.45, 2.75) is 26.8 Å². The molecule has 28 heavy (non-hydrogen) atoms. The smallest absolute Gasteiger partial charge is 0.241 e. The van der Waals surface area contributed by atoms with E-state index in [1.54, 1.807) is 6.21 Å². The van der Waals surface area contributed by atoms with Gasteiger partial charge in [-0.15, -0.1) is 0 Å². The summed E-state index contributed by atoms with van der Waals surface area (Å²) in [4.78, 5) is 16.6. The largest absolute Gasteiger partial charge is 0.347 e. The van der Waals surface area contributed by atoms with Gasteiger partial charge in [-0.05, 0) is 49.2 Å². The number of amides is 1. The summed E-state index contributed by atoms with van der Waals surface area (Å²) in [6.07, 6.45) is 4.12. The molecule has 0 aliphatic rings. The number of fused-ring (bicyclic) bond motifs is 2. The maximum atomic E-state index is 12.2. The highest BCUT2D eigenvalue weighted by Crippen LogP contribution is 2.20. The molecule has 0 saturated carbocycles. The van der Waals surface area contributed by atoms with Crippen molar-refractivity contribution < 1.29 is 4.79 Å². The number of nitrogens with zero attached hydrogens (tertiary/aromatic N) is 3. The van der Waals surface area contributed by atoms with Gasteiger partial charge in [0.2, 0.25) is 5.91 Å². The van der Waals surface area contributed by atoms with Gasteiger partial charge >= 0.3 is 0 Å². The van der Waals surface area contributed by atoms with Crippen molar-refractivity contribution >= 4 is 33.9 Å². The Morgan fingerprint density at radius 3 is 2.89 bits per heavy atom. The predicted octanol–water partition coefficient (Wildman–Crippen LogP) is 4.35. The molecule has 1 N–H and O–H groups in total. The zero-order valence-electron chi connectivity index (χ0n) is 16.0. The van der Waals surface area contributed by atoms with E-state index in [-0.39, 0.29) is 5.91 Å². The van der Waals surface area contributed by atoms with Gasteiger partial charge in [0.15, 0.2) is 0 Å². The fourth-order valence-corrected chi connectivity index (χ4v) is 3.40. The number of aryl methyl sites for hydroxylation is 3. The molecular weight excluding hydrogens is 348 g/mol. The lowest BCUT2D eigenvalue weighted by atomic mass is 10.1. The monoisotopic (exact) mass is 370 g/mol. The Labute approximate surface area is 163 Å². The molecule has 140 valence electrons. The first kappa shape index (κ1) is 17.9. The molecule has 1 amide bonds. The Morgan fingerprint density at radius 2 is 2.00 bits per heavy atom. The van der Waals surface area contributed by atoms with Gasteiger partial charge in [-0.1, -0.05) is 30.3 Å². The lowest BCUT2D eigenvalue weighted by Gasteiger charge is -2.04. The first-order valence-corrected chi connectivity index (χ1v) is 9.34. The zero-order valence-corrected chi connectivity index (χ0v) is 16.0. The van der Waals surface area contributed by atoms with E-state index in [9.17, 15) is 4.79 Å². The van der Waals surface area contributed by atoms with Gasteiger partial charge in [0.25, 0.3) is 0 Å². The number of nitrogens with one attached hydrogen (secondary N) is 1. The van der Waals surface area contributed by atoms with Crippen molar-refractivity contribution in [3.8, 4) is 0 Å². The molecule has 0 saturated heterocycles. The molecule has 5 heteroatoms. The van der Waals surface area contributed by atoms with Crippen LogP contribution in [0.15, 0.2) is 65.9 Å². The summed E-state index contributed by atoms with van der Waals surface area (Å²) in [5, 5.41) is 6.37. The Morgan fingerprint density at radius 1 is 1.14 bits per heavy atom. The minimum Gasteiger partial charge on any atom is -0.347 e. The molecule has 4 aromatic rings. The van der Waals surface area contributed by atoms with E-state index in [4.69, 9.17) is 0 Å². The maximum Gasteiger partial charge on any atom is 0.241 e. The van der Waals surface area contributed by atoms with Crippen LogP contribution in [0.1, 0.15) is 23.2 Å². The molecule has 0 fully saturated rings. The Hall–Kier alpha value is -3.47. The number of aromatic nitrogens is 2. The van der Waals surface area contributed by atoms with Gasteiger partial charge in [0, 0.05) is 41.1 Å². The number of carbonyl (C=O) groups is 1. The molecule has 0 radical (unpaired) electrons. The second-order valence-electron chi connectivity index (χ2n) is 6.97. The Bertz CT molecular complexity index is 1190. The summed E-state index contributed by atoms with van der Waals surface area (Å²) in [6, 6.07) is 18.2. The van der Waals surface area contributed by atoms with Crippen molar-refractivity contribution in [3.05, 3.63) is 77.6 Å². The van der Waals surface area contributed by atoms with Gasteiger partial charge in [0.1, 0.15) is 0 Å². The molecule has 2 aromatic heterocycles. The third kappa shape index (κ3) is 3.78. The van der Waals surface area contributed by atoms with Crippen LogP contribution >= 0.6 is 0 Å². The summed E-state index contributed by atoms with van der Waals surface area (Å²) < 4.78 is 2.12. The van der Waals surface area contributed by atoms with Crippen LogP contribution in [0.3, 0.4) is 0 Å². The van der Waals surface area contributed by atoms with E-state index in [2.05, 4.69) is 45.3 Å². The third-order valence-corrected chi connectivity index (χ3v) is 4.82. The van der Waals surface area contributed by atoms with Gasteiger partial charge in [-0.3, -0.25) is 9.78 Å². The lowest BCUT2D eigenvalue weighted by Crippen LogP contribution is -2.19. The Balaban J connectivity index is 1.37. The van der Waals surface area contributed by atoms with Gasteiger partial charge < -0.3 is 4.57 Å². The summed E-state index contributed by atoms with van der Waals surface area (Å²) in [5.74, 6) is -0.107. The first-order valence-electron chi connectivity index (χ1n) is 9.34. The van der Waals surface area contributed by atoms with E-state index < -0.39 is 0 Å². The second kappa shape index (κ2) is 7.64. The number of pyridine rings is 1. The topological polar surface area (TPSA) is 59.3 Å². The molecule has 0 spiro atoms. The number of rotatable bonds is 5. The normalized spacial score (nSPS) is 11.5. The van der Waals surface area contributed by atoms with Crippen molar-refractivity contribution in [1.29, 1.82) is 0 Å². The fourth-order valence-electron chi connectivity index (χ4n) is 3.40. The summed E-state index contributed by atoms with van der Waals surface area (Å²) >= 11 is 0. The molecule has 5 nitrogen and oxygen atoms in total. The SMILES string of the molecule is Cc1ccc2cc(C=NNC(=O)CCn3cc(C)c4ccccc43)ccc2n1. The van der Waals surface area contributed by atoms with E-state index in [0.717, 1.165) is 27.7 Å². The average Bonchev–Trinajstić information content (AvgIpc) is 3.02. The summed E-state index contributed by atoms with van der Waals surface area (Å²) in [6.45, 7) is 4.68. The van der Waals surface area contributed by atoms with E-state index in [1.165, 1.54) is 10.9 Å². The standard InChI is InChI=1S/C23H22N4O/c1-16-15-27(22-6-4-3-5-20(16)22)12-11-23(28)26-24-14-18-8-10-21-19(13-18)9-7-17(2)25-21/h3-10,13-15H,11-12H2,1-2H3,(H,26,28). The van der Waals surface area contributed by atoms with Gasteiger partial charge in [0.05, 0.1) is 11.7 Å². The minimum atomic E-state index is -0.107. The average molecular weight is 370 g/mol. The van der Waals surface area contributed by atoms with Crippen LogP contribution in [0.5, 0.6) is 0 Å². The number of hydrogen-bond donors (Lipinski definition) is 1. The van der Waals surface area contributed by atoms with Gasteiger partial charge in [-0.2, -0.15) is 5.10 Å².